The third kappa shape index (κ3) is 2.82. The van der Waals surface area contributed by atoms with Gasteiger partial charge in [0.25, 0.3) is 0 Å². The molecule has 3 rings (SSSR count). The fourth-order valence-electron chi connectivity index (χ4n) is 2.49. The second-order valence-electron chi connectivity index (χ2n) is 5.35. The van der Waals surface area contributed by atoms with E-state index in [-0.39, 0.29) is 5.75 Å². The zero-order valence-corrected chi connectivity index (χ0v) is 12.4. The number of rotatable bonds is 5. The number of aromatic nitrogens is 1. The van der Waals surface area contributed by atoms with Gasteiger partial charge >= 0.3 is 0 Å². The van der Waals surface area contributed by atoms with Gasteiger partial charge in [-0.25, -0.2) is 4.98 Å². The molecule has 0 amide bonds. The second kappa shape index (κ2) is 5.94. The van der Waals surface area contributed by atoms with Crippen LogP contribution in [0.25, 0.3) is 0 Å². The maximum absolute atomic E-state index is 9.70. The number of hydrogen-bond donors (Lipinski definition) is 1. The monoisotopic (exact) mass is 295 g/mol. The van der Waals surface area contributed by atoms with Crippen LogP contribution in [-0.2, 0) is 6.54 Å². The lowest BCUT2D eigenvalue weighted by atomic mass is 10.1. The zero-order valence-electron chi connectivity index (χ0n) is 12.4. The van der Waals surface area contributed by atoms with Crippen molar-refractivity contribution in [3.05, 3.63) is 47.7 Å². The number of nitrogens with zero attached hydrogens (tertiary/aromatic N) is 3. The molecule has 0 bridgehead atoms. The first-order chi connectivity index (χ1) is 10.7. The van der Waals surface area contributed by atoms with Gasteiger partial charge in [0.15, 0.2) is 11.5 Å². The third-order valence-corrected chi connectivity index (χ3v) is 3.76. The molecule has 1 heterocycles. The maximum Gasteiger partial charge on any atom is 0.160 e. The molecule has 1 aromatic heterocycles. The Labute approximate surface area is 129 Å². The molecule has 0 aliphatic heterocycles. The number of ether oxygens (including phenoxy) is 1. The summed E-state index contributed by atoms with van der Waals surface area (Å²) in [5, 5.41) is 19.0. The number of benzene rings is 1. The van der Waals surface area contributed by atoms with E-state index in [4.69, 9.17) is 4.74 Å². The van der Waals surface area contributed by atoms with Crippen LogP contribution in [0.3, 0.4) is 0 Å². The van der Waals surface area contributed by atoms with Gasteiger partial charge in [0.2, 0.25) is 0 Å². The molecule has 1 saturated carbocycles. The largest absolute Gasteiger partial charge is 0.504 e. The molecular formula is C17H17N3O2. The highest BCUT2D eigenvalue weighted by Crippen LogP contribution is 2.34. The van der Waals surface area contributed by atoms with Crippen molar-refractivity contribution < 1.29 is 9.84 Å². The summed E-state index contributed by atoms with van der Waals surface area (Å²) < 4.78 is 5.16. The predicted molar refractivity (Wildman–Crippen MR) is 82.8 cm³/mol. The molecule has 1 fully saturated rings. The normalized spacial score (nSPS) is 13.5. The highest BCUT2D eigenvalue weighted by atomic mass is 16.5. The molecule has 0 atom stereocenters. The number of anilines is 1. The molecule has 1 N–H and O–H groups in total. The average Bonchev–Trinajstić information content (AvgIpc) is 3.39. The molecule has 2 aromatic rings. The minimum Gasteiger partial charge on any atom is -0.504 e. The fourth-order valence-corrected chi connectivity index (χ4v) is 2.49. The zero-order chi connectivity index (χ0) is 15.5. The number of hydrogen-bond acceptors (Lipinski definition) is 5. The Kier molecular flexibility index (Phi) is 3.84. The Morgan fingerprint density at radius 3 is 2.91 bits per heavy atom. The highest BCUT2D eigenvalue weighted by Gasteiger charge is 2.31. The van der Waals surface area contributed by atoms with Gasteiger partial charge in [-0.15, -0.1) is 0 Å². The summed E-state index contributed by atoms with van der Waals surface area (Å²) in [5.74, 6) is 1.30. The molecule has 5 heteroatoms. The summed E-state index contributed by atoms with van der Waals surface area (Å²) in [7, 11) is 1.53. The van der Waals surface area contributed by atoms with Crippen LogP contribution >= 0.6 is 0 Å². The highest BCUT2D eigenvalue weighted by molar-refractivity contribution is 5.55. The molecule has 0 spiro atoms. The molecule has 0 unspecified atom stereocenters. The van der Waals surface area contributed by atoms with E-state index in [1.54, 1.807) is 24.4 Å². The molecule has 112 valence electrons. The predicted octanol–water partition coefficient (Wildman–Crippen LogP) is 2.84. The summed E-state index contributed by atoms with van der Waals surface area (Å²) in [4.78, 5) is 6.55. The Morgan fingerprint density at radius 1 is 1.41 bits per heavy atom. The van der Waals surface area contributed by atoms with Crippen LogP contribution in [-0.4, -0.2) is 23.2 Å². The SMILES string of the molecule is COc1cc(CN(c2ncccc2C#N)C2CC2)ccc1O. The Balaban J connectivity index is 1.91. The second-order valence-corrected chi connectivity index (χ2v) is 5.35. The molecule has 0 radical (unpaired) electrons. The van der Waals surface area contributed by atoms with Crippen LogP contribution in [0.4, 0.5) is 5.82 Å². The van der Waals surface area contributed by atoms with Gasteiger partial charge in [0.05, 0.1) is 12.7 Å². The van der Waals surface area contributed by atoms with Crippen LogP contribution < -0.4 is 9.64 Å². The van der Waals surface area contributed by atoms with E-state index < -0.39 is 0 Å². The molecule has 5 nitrogen and oxygen atoms in total. The average molecular weight is 295 g/mol. The van der Waals surface area contributed by atoms with Crippen molar-refractivity contribution in [3.8, 4) is 17.6 Å². The molecule has 0 saturated heterocycles. The van der Waals surface area contributed by atoms with E-state index in [2.05, 4.69) is 16.0 Å². The van der Waals surface area contributed by atoms with Gasteiger partial charge in [-0.05, 0) is 42.7 Å². The van der Waals surface area contributed by atoms with Gasteiger partial charge < -0.3 is 14.7 Å². The summed E-state index contributed by atoms with van der Waals surface area (Å²) >= 11 is 0. The molecule has 22 heavy (non-hydrogen) atoms. The van der Waals surface area contributed by atoms with E-state index in [1.165, 1.54) is 7.11 Å². The van der Waals surface area contributed by atoms with E-state index >= 15 is 0 Å². The van der Waals surface area contributed by atoms with Crippen molar-refractivity contribution in [2.24, 2.45) is 0 Å². The number of aromatic hydroxyl groups is 1. The molecule has 1 aromatic carbocycles. The summed E-state index contributed by atoms with van der Waals surface area (Å²) in [6.07, 6.45) is 3.93. The van der Waals surface area contributed by atoms with Gasteiger partial charge in [-0.3, -0.25) is 0 Å². The lowest BCUT2D eigenvalue weighted by Gasteiger charge is -2.24. The molecular weight excluding hydrogens is 278 g/mol. The van der Waals surface area contributed by atoms with Gasteiger partial charge in [-0.2, -0.15) is 5.26 Å². The van der Waals surface area contributed by atoms with Crippen LogP contribution in [0.1, 0.15) is 24.0 Å². The fraction of sp³-hybridized carbons (Fsp3) is 0.294. The first-order valence-electron chi connectivity index (χ1n) is 7.20. The van der Waals surface area contributed by atoms with Crippen LogP contribution in [0.15, 0.2) is 36.5 Å². The van der Waals surface area contributed by atoms with Gasteiger partial charge in [0, 0.05) is 18.8 Å². The van der Waals surface area contributed by atoms with E-state index in [0.29, 0.717) is 23.9 Å². The van der Waals surface area contributed by atoms with Crippen molar-refractivity contribution in [1.82, 2.24) is 4.98 Å². The van der Waals surface area contributed by atoms with Crippen molar-refractivity contribution in [3.63, 3.8) is 0 Å². The molecule has 1 aliphatic carbocycles. The third-order valence-electron chi connectivity index (χ3n) is 3.76. The van der Waals surface area contributed by atoms with Gasteiger partial charge in [0.1, 0.15) is 11.9 Å². The van der Waals surface area contributed by atoms with Crippen molar-refractivity contribution >= 4 is 5.82 Å². The summed E-state index contributed by atoms with van der Waals surface area (Å²) in [6, 6.07) is 11.5. The maximum atomic E-state index is 9.70. The number of phenols is 1. The van der Waals surface area contributed by atoms with Crippen molar-refractivity contribution in [2.75, 3.05) is 12.0 Å². The lowest BCUT2D eigenvalue weighted by molar-refractivity contribution is 0.373. The van der Waals surface area contributed by atoms with Crippen LogP contribution in [0, 0.1) is 11.3 Å². The quantitative estimate of drug-likeness (QED) is 0.918. The minimum absolute atomic E-state index is 0.125. The number of pyridine rings is 1. The topological polar surface area (TPSA) is 69.4 Å². The van der Waals surface area contributed by atoms with E-state index in [1.807, 2.05) is 12.1 Å². The Morgan fingerprint density at radius 2 is 2.23 bits per heavy atom. The van der Waals surface area contributed by atoms with Crippen molar-refractivity contribution in [2.45, 2.75) is 25.4 Å². The van der Waals surface area contributed by atoms with Crippen molar-refractivity contribution in [1.29, 1.82) is 5.26 Å². The number of methoxy groups -OCH3 is 1. The Bertz CT molecular complexity index is 720. The summed E-state index contributed by atoms with van der Waals surface area (Å²) in [6.45, 7) is 0.632. The van der Waals surface area contributed by atoms with E-state index in [0.717, 1.165) is 24.2 Å². The first-order valence-corrected chi connectivity index (χ1v) is 7.20. The standard InChI is InChI=1S/C17H17N3O2/c1-22-16-9-12(4-7-15(16)21)11-20(14-5-6-14)17-13(10-18)3-2-8-19-17/h2-4,7-9,14,21H,5-6,11H2,1H3. The smallest absolute Gasteiger partial charge is 0.160 e. The number of nitriles is 1. The molecule has 1 aliphatic rings. The minimum atomic E-state index is 0.125. The first kappa shape index (κ1) is 14.2. The lowest BCUT2D eigenvalue weighted by Crippen LogP contribution is -2.26. The number of phenolic OH excluding ortho intramolecular Hbond substituents is 1. The summed E-state index contributed by atoms with van der Waals surface area (Å²) in [5.41, 5.74) is 1.59. The van der Waals surface area contributed by atoms with Gasteiger partial charge in [-0.1, -0.05) is 6.07 Å². The van der Waals surface area contributed by atoms with Crippen LogP contribution in [0.2, 0.25) is 0 Å². The van der Waals surface area contributed by atoms with E-state index in [9.17, 15) is 10.4 Å². The Hall–Kier alpha value is -2.74. The van der Waals surface area contributed by atoms with Crippen LogP contribution in [0.5, 0.6) is 11.5 Å².